The molecule has 0 unspecified atom stereocenters. The first-order valence-corrected chi connectivity index (χ1v) is 3.86. The molecule has 0 bridgehead atoms. The fraction of sp³-hybridized carbons (Fsp3) is 0.500. The highest BCUT2D eigenvalue weighted by Gasteiger charge is 1.87. The molecule has 0 amide bonds. The van der Waals surface area contributed by atoms with Crippen LogP contribution in [0.1, 0.15) is 26.5 Å². The Hall–Kier alpha value is -1.12. The molecule has 0 aliphatic rings. The van der Waals surface area contributed by atoms with E-state index in [-0.39, 0.29) is 5.56 Å². The van der Waals surface area contributed by atoms with Crippen LogP contribution < -0.4 is 5.56 Å². The molecule has 3 heteroatoms. The molecule has 1 N–H and O–H groups in total. The molecule has 0 saturated heterocycles. The topological polar surface area (TPSA) is 45.8 Å². The van der Waals surface area contributed by atoms with E-state index >= 15 is 0 Å². The van der Waals surface area contributed by atoms with Gasteiger partial charge in [0, 0.05) is 11.8 Å². The predicted molar refractivity (Wildman–Crippen MR) is 45.6 cm³/mol. The van der Waals surface area contributed by atoms with E-state index in [0.717, 1.165) is 12.1 Å². The maximum atomic E-state index is 10.6. The molecule has 0 aliphatic carbocycles. The minimum atomic E-state index is -0.0816. The van der Waals surface area contributed by atoms with Crippen LogP contribution in [0, 0.1) is 0 Å². The molecule has 1 aromatic rings. The highest BCUT2D eigenvalue weighted by atomic mass is 16.1. The summed E-state index contributed by atoms with van der Waals surface area (Å²) in [5.74, 6) is 0. The van der Waals surface area contributed by atoms with Gasteiger partial charge in [-0.3, -0.25) is 4.79 Å². The highest BCUT2D eigenvalue weighted by molar-refractivity contribution is 4.96. The molecule has 0 aliphatic heterocycles. The van der Waals surface area contributed by atoms with Crippen molar-refractivity contribution in [2.45, 2.75) is 27.2 Å². The number of nitrogens with one attached hydrogen (secondary N) is 1. The Labute approximate surface area is 66.5 Å². The minimum absolute atomic E-state index is 0.0816. The fourth-order valence-electron chi connectivity index (χ4n) is 0.602. The van der Waals surface area contributed by atoms with E-state index in [1.807, 2.05) is 20.8 Å². The zero-order valence-corrected chi connectivity index (χ0v) is 7.22. The summed E-state index contributed by atoms with van der Waals surface area (Å²) in [5, 5.41) is 0. The van der Waals surface area contributed by atoms with Gasteiger partial charge in [-0.1, -0.05) is 20.8 Å². The van der Waals surface area contributed by atoms with Crippen molar-refractivity contribution in [2.24, 2.45) is 0 Å². The van der Waals surface area contributed by atoms with Gasteiger partial charge in [-0.2, -0.15) is 0 Å². The van der Waals surface area contributed by atoms with Crippen LogP contribution in [0.25, 0.3) is 0 Å². The van der Waals surface area contributed by atoms with Crippen molar-refractivity contribution in [3.8, 4) is 0 Å². The molecule has 1 heterocycles. The van der Waals surface area contributed by atoms with Gasteiger partial charge in [0.15, 0.2) is 0 Å². The molecular weight excluding hydrogens is 140 g/mol. The Morgan fingerprint density at radius 2 is 2.18 bits per heavy atom. The molecule has 1 rings (SSSR count). The molecule has 3 nitrogen and oxygen atoms in total. The van der Waals surface area contributed by atoms with Crippen molar-refractivity contribution in [3.05, 3.63) is 28.4 Å². The van der Waals surface area contributed by atoms with Crippen LogP contribution in [0.4, 0.5) is 0 Å². The highest BCUT2D eigenvalue weighted by Crippen LogP contribution is 1.85. The summed E-state index contributed by atoms with van der Waals surface area (Å²) in [7, 11) is 0. The summed E-state index contributed by atoms with van der Waals surface area (Å²) in [4.78, 5) is 16.9. The van der Waals surface area contributed by atoms with Gasteiger partial charge in [-0.15, -0.1) is 0 Å². The zero-order chi connectivity index (χ0) is 8.69. The predicted octanol–water partition coefficient (Wildman–Crippen LogP) is 1.36. The van der Waals surface area contributed by atoms with Crippen molar-refractivity contribution >= 4 is 0 Å². The Morgan fingerprint density at radius 3 is 2.55 bits per heavy atom. The van der Waals surface area contributed by atoms with Crippen LogP contribution in [0.2, 0.25) is 0 Å². The molecule has 0 saturated carbocycles. The Balaban J connectivity index is 0.000000461. The van der Waals surface area contributed by atoms with Crippen molar-refractivity contribution in [2.75, 3.05) is 0 Å². The molecular formula is C8H14N2O. The summed E-state index contributed by atoms with van der Waals surface area (Å²) in [6.07, 6.45) is 2.23. The average Bonchev–Trinajstić information content (AvgIpc) is 2.08. The quantitative estimate of drug-likeness (QED) is 0.663. The van der Waals surface area contributed by atoms with Gasteiger partial charge in [0.25, 0.3) is 5.56 Å². The van der Waals surface area contributed by atoms with Crippen LogP contribution in [0.3, 0.4) is 0 Å². The number of rotatable bonds is 1. The third kappa shape index (κ3) is 3.55. The van der Waals surface area contributed by atoms with Crippen molar-refractivity contribution < 1.29 is 0 Å². The molecule has 0 aromatic carbocycles. The van der Waals surface area contributed by atoms with E-state index in [1.54, 1.807) is 0 Å². The molecule has 0 fully saturated rings. The van der Waals surface area contributed by atoms with E-state index in [9.17, 15) is 4.79 Å². The molecule has 0 radical (unpaired) electrons. The lowest BCUT2D eigenvalue weighted by molar-refractivity contribution is 0.979. The second-order valence-corrected chi connectivity index (χ2v) is 1.76. The number of aryl methyl sites for hydroxylation is 1. The van der Waals surface area contributed by atoms with E-state index in [1.165, 1.54) is 12.4 Å². The number of aromatic nitrogens is 2. The minimum Gasteiger partial charge on any atom is -0.313 e. The smallest absolute Gasteiger partial charge is 0.250 e. The molecule has 62 valence electrons. The normalized spacial score (nSPS) is 8.27. The summed E-state index contributed by atoms with van der Waals surface area (Å²) in [6.45, 7) is 5.96. The Morgan fingerprint density at radius 1 is 1.55 bits per heavy atom. The zero-order valence-electron chi connectivity index (χ0n) is 7.22. The summed E-state index contributed by atoms with van der Waals surface area (Å²) >= 11 is 0. The Kier molecular flexibility index (Phi) is 5.07. The lowest BCUT2D eigenvalue weighted by Crippen LogP contribution is -2.05. The van der Waals surface area contributed by atoms with E-state index in [0.29, 0.717) is 0 Å². The lowest BCUT2D eigenvalue weighted by Gasteiger charge is -1.88. The van der Waals surface area contributed by atoms with Gasteiger partial charge in [0.05, 0.1) is 6.33 Å². The summed E-state index contributed by atoms with van der Waals surface area (Å²) < 4.78 is 0. The fourth-order valence-corrected chi connectivity index (χ4v) is 0.602. The number of hydrogen-bond donors (Lipinski definition) is 1. The molecule has 1 aromatic heterocycles. The summed E-state index contributed by atoms with van der Waals surface area (Å²) in [5.41, 5.74) is 0.751. The maximum Gasteiger partial charge on any atom is 0.250 e. The second-order valence-electron chi connectivity index (χ2n) is 1.76. The van der Waals surface area contributed by atoms with Crippen LogP contribution in [0.15, 0.2) is 17.2 Å². The van der Waals surface area contributed by atoms with Crippen LogP contribution >= 0.6 is 0 Å². The molecule has 0 atom stereocenters. The largest absolute Gasteiger partial charge is 0.313 e. The van der Waals surface area contributed by atoms with E-state index in [4.69, 9.17) is 0 Å². The van der Waals surface area contributed by atoms with Gasteiger partial charge in [0.1, 0.15) is 0 Å². The first-order chi connectivity index (χ1) is 5.33. The molecule has 11 heavy (non-hydrogen) atoms. The average molecular weight is 154 g/mol. The van der Waals surface area contributed by atoms with Crippen LogP contribution in [0.5, 0.6) is 0 Å². The first-order valence-electron chi connectivity index (χ1n) is 3.86. The van der Waals surface area contributed by atoms with Crippen LogP contribution in [-0.2, 0) is 6.42 Å². The maximum absolute atomic E-state index is 10.6. The first kappa shape index (κ1) is 9.88. The van der Waals surface area contributed by atoms with Gasteiger partial charge < -0.3 is 4.98 Å². The monoisotopic (exact) mass is 154 g/mol. The van der Waals surface area contributed by atoms with Crippen LogP contribution in [-0.4, -0.2) is 9.97 Å². The number of aromatic amines is 1. The van der Waals surface area contributed by atoms with Crippen molar-refractivity contribution in [1.29, 1.82) is 0 Å². The third-order valence-electron chi connectivity index (χ3n) is 1.10. The second kappa shape index (κ2) is 5.65. The lowest BCUT2D eigenvalue weighted by atomic mass is 10.3. The van der Waals surface area contributed by atoms with Gasteiger partial charge in [0.2, 0.25) is 0 Å². The number of H-pyrrole nitrogens is 1. The third-order valence-corrected chi connectivity index (χ3v) is 1.10. The van der Waals surface area contributed by atoms with Gasteiger partial charge >= 0.3 is 0 Å². The summed E-state index contributed by atoms with van der Waals surface area (Å²) in [6, 6.07) is 1.50. The SMILES string of the molecule is CC.CCc1cc(=O)[nH]cn1. The molecule has 0 spiro atoms. The van der Waals surface area contributed by atoms with Crippen molar-refractivity contribution in [3.63, 3.8) is 0 Å². The van der Waals surface area contributed by atoms with E-state index < -0.39 is 0 Å². The number of nitrogens with zero attached hydrogens (tertiary/aromatic N) is 1. The standard InChI is InChI=1S/C6H8N2O.C2H6/c1-2-5-3-6(9)8-4-7-5;1-2/h3-4H,2H2,1H3,(H,7,8,9);1-2H3. The number of hydrogen-bond acceptors (Lipinski definition) is 2. The van der Waals surface area contributed by atoms with E-state index in [2.05, 4.69) is 9.97 Å². The van der Waals surface area contributed by atoms with Gasteiger partial charge in [-0.25, -0.2) is 4.98 Å². The van der Waals surface area contributed by atoms with Gasteiger partial charge in [-0.05, 0) is 6.42 Å². The Bertz CT molecular complexity index is 242. The van der Waals surface area contributed by atoms with Crippen molar-refractivity contribution in [1.82, 2.24) is 9.97 Å².